The molecule has 2 rings (SSSR count). The summed E-state index contributed by atoms with van der Waals surface area (Å²) in [5.74, 6) is -2.00. The topological polar surface area (TPSA) is 90.1 Å². The van der Waals surface area contributed by atoms with Crippen molar-refractivity contribution in [2.24, 2.45) is 5.73 Å². The first-order valence-corrected chi connectivity index (χ1v) is 6.55. The van der Waals surface area contributed by atoms with Crippen LogP contribution >= 0.6 is 11.6 Å². The molecule has 10 heteroatoms. The van der Waals surface area contributed by atoms with Crippen LogP contribution in [0.5, 0.6) is 5.75 Å². The van der Waals surface area contributed by atoms with E-state index in [1.165, 1.54) is 18.2 Å². The van der Waals surface area contributed by atoms with Crippen molar-refractivity contribution in [3.8, 4) is 5.75 Å². The van der Waals surface area contributed by atoms with Crippen LogP contribution in [0.25, 0.3) is 0 Å². The van der Waals surface area contributed by atoms with Crippen LogP contribution in [-0.2, 0) is 6.54 Å². The second-order valence-electron chi connectivity index (χ2n) is 4.24. The van der Waals surface area contributed by atoms with E-state index in [9.17, 15) is 18.0 Å². The Balaban J connectivity index is 2.26. The van der Waals surface area contributed by atoms with Gasteiger partial charge in [-0.3, -0.25) is 4.79 Å². The van der Waals surface area contributed by atoms with E-state index in [-0.39, 0.29) is 34.4 Å². The first kappa shape index (κ1) is 16.8. The molecule has 6 nitrogen and oxygen atoms in total. The fourth-order valence-corrected chi connectivity index (χ4v) is 1.92. The normalized spacial score (nSPS) is 10.7. The Bertz CT molecular complexity index is 730. The van der Waals surface area contributed by atoms with E-state index < -0.39 is 18.3 Å². The zero-order valence-electron chi connectivity index (χ0n) is 11.4. The largest absolute Gasteiger partial charge is 0.434 e. The zero-order chi connectivity index (χ0) is 17.0. The third-order valence-corrected chi connectivity index (χ3v) is 2.94. The van der Waals surface area contributed by atoms with Crippen molar-refractivity contribution < 1.29 is 22.7 Å². The molecule has 0 aliphatic heterocycles. The number of halogens is 4. The molecule has 0 radical (unpaired) electrons. The van der Waals surface area contributed by atoms with Crippen LogP contribution in [0.2, 0.25) is 5.15 Å². The number of hydrogen-bond acceptors (Lipinski definition) is 5. The van der Waals surface area contributed by atoms with Crippen LogP contribution in [0.15, 0.2) is 24.3 Å². The number of alkyl halides is 2. The number of aromatic nitrogens is 2. The average molecular weight is 347 g/mol. The lowest BCUT2D eigenvalue weighted by Crippen LogP contribution is -2.17. The maximum absolute atomic E-state index is 13.8. The minimum atomic E-state index is -3.10. The van der Waals surface area contributed by atoms with Crippen LogP contribution in [0.1, 0.15) is 15.9 Å². The van der Waals surface area contributed by atoms with E-state index in [2.05, 4.69) is 20.3 Å². The Kier molecular flexibility index (Phi) is 5.22. The third-order valence-electron chi connectivity index (χ3n) is 2.75. The van der Waals surface area contributed by atoms with Gasteiger partial charge in [0.1, 0.15) is 11.6 Å². The van der Waals surface area contributed by atoms with Gasteiger partial charge in [-0.2, -0.15) is 8.78 Å². The van der Waals surface area contributed by atoms with E-state index in [4.69, 9.17) is 17.3 Å². The average Bonchev–Trinajstić information content (AvgIpc) is 2.47. The summed E-state index contributed by atoms with van der Waals surface area (Å²) in [5.41, 5.74) is 4.94. The van der Waals surface area contributed by atoms with Crippen molar-refractivity contribution in [3.63, 3.8) is 0 Å². The molecule has 1 heterocycles. The molecule has 0 atom stereocenters. The number of nitrogens with one attached hydrogen (secondary N) is 1. The molecule has 0 aliphatic carbocycles. The summed E-state index contributed by atoms with van der Waals surface area (Å²) in [5, 5.41) is 9.69. The molecule has 0 aliphatic rings. The quantitative estimate of drug-likeness (QED) is 0.839. The van der Waals surface area contributed by atoms with Gasteiger partial charge in [-0.15, -0.1) is 10.2 Å². The van der Waals surface area contributed by atoms with Crippen molar-refractivity contribution in [2.45, 2.75) is 13.2 Å². The summed E-state index contributed by atoms with van der Waals surface area (Å²) >= 11 is 5.61. The maximum atomic E-state index is 13.8. The summed E-state index contributed by atoms with van der Waals surface area (Å²) in [6.45, 7) is -3.39. The molecule has 0 spiro atoms. The smallest absolute Gasteiger partial charge is 0.387 e. The summed E-state index contributed by atoms with van der Waals surface area (Å²) in [4.78, 5) is 11.3. The molecule has 1 amide bonds. The van der Waals surface area contributed by atoms with Gasteiger partial charge in [0.25, 0.3) is 5.91 Å². The molecule has 0 unspecified atom stereocenters. The van der Waals surface area contributed by atoms with E-state index in [0.29, 0.717) is 0 Å². The van der Waals surface area contributed by atoms with Crippen LogP contribution in [-0.4, -0.2) is 22.7 Å². The summed E-state index contributed by atoms with van der Waals surface area (Å²) in [7, 11) is 0. The number of rotatable bonds is 6. The number of benzene rings is 1. The number of carbonyl (C=O) groups excluding carboxylic acids is 1. The molecular formula is C13H10ClF3N4O2. The van der Waals surface area contributed by atoms with Gasteiger partial charge < -0.3 is 15.8 Å². The molecule has 0 bridgehead atoms. The highest BCUT2D eigenvalue weighted by Crippen LogP contribution is 2.25. The highest BCUT2D eigenvalue weighted by atomic mass is 35.5. The lowest BCUT2D eigenvalue weighted by Gasteiger charge is -2.13. The lowest BCUT2D eigenvalue weighted by atomic mass is 10.1. The Morgan fingerprint density at radius 2 is 2.13 bits per heavy atom. The van der Waals surface area contributed by atoms with Crippen LogP contribution in [0.4, 0.5) is 19.0 Å². The lowest BCUT2D eigenvalue weighted by molar-refractivity contribution is -0.0505. The van der Waals surface area contributed by atoms with E-state index in [1.54, 1.807) is 0 Å². The second kappa shape index (κ2) is 7.14. The zero-order valence-corrected chi connectivity index (χ0v) is 12.1. The number of hydrogen-bond donors (Lipinski definition) is 2. The Morgan fingerprint density at radius 3 is 2.78 bits per heavy atom. The molecule has 0 fully saturated rings. The van der Waals surface area contributed by atoms with E-state index in [0.717, 1.165) is 6.07 Å². The standard InChI is InChI=1S/C13H10ClF3N4O2/c14-10-4-6(11(18)22)12(21-20-10)19-5-7-8(15)2-1-3-9(7)23-13(16)17/h1-4,13H,5H2,(H2,18,22)(H,19,21). The Labute approximate surface area is 133 Å². The van der Waals surface area contributed by atoms with Gasteiger partial charge in [0.15, 0.2) is 11.0 Å². The van der Waals surface area contributed by atoms with Gasteiger partial charge in [0.05, 0.1) is 5.56 Å². The minimum absolute atomic E-state index is 0.0584. The number of carbonyl (C=O) groups is 1. The predicted octanol–water partition coefficient (Wildman–Crippen LogP) is 2.58. The monoisotopic (exact) mass is 346 g/mol. The Hall–Kier alpha value is -2.55. The number of ether oxygens (including phenoxy) is 1. The highest BCUT2D eigenvalue weighted by molar-refractivity contribution is 6.29. The SMILES string of the molecule is NC(=O)c1cc(Cl)nnc1NCc1c(F)cccc1OC(F)F. The van der Waals surface area contributed by atoms with Gasteiger partial charge in [-0.05, 0) is 18.2 Å². The minimum Gasteiger partial charge on any atom is -0.434 e. The van der Waals surface area contributed by atoms with Crippen molar-refractivity contribution >= 4 is 23.3 Å². The predicted molar refractivity (Wildman–Crippen MR) is 75.9 cm³/mol. The molecule has 23 heavy (non-hydrogen) atoms. The summed E-state index contributed by atoms with van der Waals surface area (Å²) < 4.78 is 42.8. The number of nitrogens with two attached hydrogens (primary N) is 1. The molecule has 1 aromatic carbocycles. The second-order valence-corrected chi connectivity index (χ2v) is 4.63. The summed E-state index contributed by atoms with van der Waals surface area (Å²) in [6.07, 6.45) is 0. The van der Waals surface area contributed by atoms with Crippen molar-refractivity contribution in [3.05, 3.63) is 46.4 Å². The van der Waals surface area contributed by atoms with Crippen LogP contribution in [0.3, 0.4) is 0 Å². The first-order valence-electron chi connectivity index (χ1n) is 6.17. The van der Waals surface area contributed by atoms with Crippen LogP contribution in [0, 0.1) is 5.82 Å². The number of anilines is 1. The summed E-state index contributed by atoms with van der Waals surface area (Å²) in [6, 6.07) is 4.68. The number of amides is 1. The van der Waals surface area contributed by atoms with Gasteiger partial charge in [0.2, 0.25) is 0 Å². The fraction of sp³-hybridized carbons (Fsp3) is 0.154. The van der Waals surface area contributed by atoms with Gasteiger partial charge in [-0.1, -0.05) is 17.7 Å². The maximum Gasteiger partial charge on any atom is 0.387 e. The van der Waals surface area contributed by atoms with E-state index in [1.807, 2.05) is 0 Å². The molecule has 0 saturated carbocycles. The van der Waals surface area contributed by atoms with Crippen LogP contribution < -0.4 is 15.8 Å². The third kappa shape index (κ3) is 4.22. The van der Waals surface area contributed by atoms with Gasteiger partial charge in [-0.25, -0.2) is 4.39 Å². The number of primary amides is 1. The molecule has 1 aromatic heterocycles. The van der Waals surface area contributed by atoms with E-state index >= 15 is 0 Å². The Morgan fingerprint density at radius 1 is 1.39 bits per heavy atom. The fourth-order valence-electron chi connectivity index (χ4n) is 1.78. The van der Waals surface area contributed by atoms with Gasteiger partial charge >= 0.3 is 6.61 Å². The molecule has 2 aromatic rings. The highest BCUT2D eigenvalue weighted by Gasteiger charge is 2.16. The molecule has 122 valence electrons. The molecule has 0 saturated heterocycles. The van der Waals surface area contributed by atoms with Crippen molar-refractivity contribution in [1.29, 1.82) is 0 Å². The number of nitrogens with zero attached hydrogens (tertiary/aromatic N) is 2. The van der Waals surface area contributed by atoms with Crippen molar-refractivity contribution in [1.82, 2.24) is 10.2 Å². The molecular weight excluding hydrogens is 337 g/mol. The van der Waals surface area contributed by atoms with Gasteiger partial charge in [0, 0.05) is 12.1 Å². The van der Waals surface area contributed by atoms with Crippen molar-refractivity contribution in [2.75, 3.05) is 5.32 Å². The first-order chi connectivity index (χ1) is 10.9. The molecule has 3 N–H and O–H groups in total.